The van der Waals surface area contributed by atoms with Gasteiger partial charge in [0.25, 0.3) is 5.91 Å². The molecule has 0 unspecified atom stereocenters. The van der Waals surface area contributed by atoms with Crippen LogP contribution in [0, 0.1) is 5.92 Å². The van der Waals surface area contributed by atoms with Gasteiger partial charge in [-0.25, -0.2) is 0 Å². The molecule has 0 aliphatic carbocycles. The Balaban J connectivity index is 1.53. The van der Waals surface area contributed by atoms with Crippen molar-refractivity contribution in [3.63, 3.8) is 0 Å². The minimum Gasteiger partial charge on any atom is -0.326 e. The number of nitrogens with zero attached hydrogens (tertiary/aromatic N) is 2. The summed E-state index contributed by atoms with van der Waals surface area (Å²) in [5.74, 6) is -0.241. The average molecular weight is 423 g/mol. The Hall–Kier alpha value is -3.06. The van der Waals surface area contributed by atoms with Crippen LogP contribution in [0.3, 0.4) is 0 Å². The van der Waals surface area contributed by atoms with Crippen molar-refractivity contribution in [1.29, 1.82) is 0 Å². The number of nitrogens with one attached hydrogen (secondary N) is 2. The molecule has 1 heterocycles. The number of hydrogen-bond acceptors (Lipinski definition) is 5. The van der Waals surface area contributed by atoms with Crippen molar-refractivity contribution in [3.05, 3.63) is 70.7 Å². The first-order valence-electron chi connectivity index (χ1n) is 10.2. The Morgan fingerprint density at radius 3 is 2.27 bits per heavy atom. The molecular weight excluding hydrogens is 396 g/mol. The van der Waals surface area contributed by atoms with Gasteiger partial charge in [0.05, 0.1) is 0 Å². The Morgan fingerprint density at radius 2 is 1.60 bits per heavy atom. The van der Waals surface area contributed by atoms with E-state index < -0.39 is 0 Å². The Kier molecular flexibility index (Phi) is 7.68. The Labute approximate surface area is 180 Å². The molecule has 7 heteroatoms. The number of aryl methyl sites for hydroxylation is 2. The predicted molar refractivity (Wildman–Crippen MR) is 121 cm³/mol. The molecule has 2 aromatic carbocycles. The smallest absolute Gasteiger partial charge is 0.257 e. The van der Waals surface area contributed by atoms with Gasteiger partial charge < -0.3 is 5.32 Å². The Morgan fingerprint density at radius 1 is 0.900 bits per heavy atom. The molecule has 0 fully saturated rings. The van der Waals surface area contributed by atoms with Crippen molar-refractivity contribution in [2.45, 2.75) is 39.5 Å². The van der Waals surface area contributed by atoms with E-state index in [-0.39, 0.29) is 17.7 Å². The van der Waals surface area contributed by atoms with Gasteiger partial charge in [-0.05, 0) is 49.1 Å². The quantitative estimate of drug-likeness (QED) is 0.511. The average Bonchev–Trinajstić information content (AvgIpc) is 3.21. The number of carbonyl (C=O) groups is 2. The number of hydrogen-bond donors (Lipinski definition) is 2. The molecule has 0 radical (unpaired) electrons. The van der Waals surface area contributed by atoms with Gasteiger partial charge in [-0.15, -0.1) is 10.2 Å². The van der Waals surface area contributed by atoms with E-state index in [2.05, 4.69) is 33.0 Å². The van der Waals surface area contributed by atoms with Crippen LogP contribution in [0.1, 0.15) is 47.6 Å². The molecule has 1 aromatic heterocycles. The SMILES string of the molecule is CCC(CC)C(=O)Nc1ccc(C(=O)Nc2nnc(CCc3ccccc3)s2)cc1. The zero-order valence-corrected chi connectivity index (χ0v) is 18.0. The fourth-order valence-electron chi connectivity index (χ4n) is 3.08. The van der Waals surface area contributed by atoms with Gasteiger partial charge in [0.2, 0.25) is 11.0 Å². The first-order chi connectivity index (χ1) is 14.6. The number of anilines is 2. The monoisotopic (exact) mass is 422 g/mol. The molecule has 156 valence electrons. The van der Waals surface area contributed by atoms with E-state index in [0.717, 1.165) is 30.7 Å². The summed E-state index contributed by atoms with van der Waals surface area (Å²) < 4.78 is 0. The Bertz CT molecular complexity index is 966. The van der Waals surface area contributed by atoms with Gasteiger partial charge in [0, 0.05) is 23.6 Å². The number of aromatic nitrogens is 2. The maximum atomic E-state index is 12.5. The summed E-state index contributed by atoms with van der Waals surface area (Å²) in [5, 5.41) is 15.3. The van der Waals surface area contributed by atoms with Gasteiger partial charge in [-0.1, -0.05) is 55.5 Å². The lowest BCUT2D eigenvalue weighted by Crippen LogP contribution is -2.21. The highest BCUT2D eigenvalue weighted by Crippen LogP contribution is 2.19. The van der Waals surface area contributed by atoms with E-state index >= 15 is 0 Å². The summed E-state index contributed by atoms with van der Waals surface area (Å²) in [5.41, 5.74) is 2.42. The molecule has 6 nitrogen and oxygen atoms in total. The van der Waals surface area contributed by atoms with Gasteiger partial charge >= 0.3 is 0 Å². The molecule has 3 aromatic rings. The van der Waals surface area contributed by atoms with Crippen LogP contribution in [0.15, 0.2) is 54.6 Å². The zero-order valence-electron chi connectivity index (χ0n) is 17.2. The molecular formula is C23H26N4O2S. The summed E-state index contributed by atoms with van der Waals surface area (Å²) in [6, 6.07) is 17.1. The minimum absolute atomic E-state index is 0.00136. The summed E-state index contributed by atoms with van der Waals surface area (Å²) in [6.07, 6.45) is 3.27. The van der Waals surface area contributed by atoms with Crippen molar-refractivity contribution in [1.82, 2.24) is 10.2 Å². The van der Waals surface area contributed by atoms with Crippen LogP contribution in [0.2, 0.25) is 0 Å². The first-order valence-corrected chi connectivity index (χ1v) is 11.0. The first kappa shape index (κ1) is 21.6. The third-order valence-electron chi connectivity index (χ3n) is 4.93. The van der Waals surface area contributed by atoms with Crippen LogP contribution in [0.25, 0.3) is 0 Å². The van der Waals surface area contributed by atoms with Crippen molar-refractivity contribution in [2.24, 2.45) is 5.92 Å². The summed E-state index contributed by atoms with van der Waals surface area (Å²) >= 11 is 1.38. The second-order valence-corrected chi connectivity index (χ2v) is 8.08. The van der Waals surface area contributed by atoms with Crippen LogP contribution in [0.5, 0.6) is 0 Å². The topological polar surface area (TPSA) is 84.0 Å². The molecule has 0 aliphatic rings. The maximum Gasteiger partial charge on any atom is 0.257 e. The highest BCUT2D eigenvalue weighted by atomic mass is 32.1. The van der Waals surface area contributed by atoms with Gasteiger partial charge in [0.15, 0.2) is 0 Å². The molecule has 0 saturated heterocycles. The van der Waals surface area contributed by atoms with Crippen molar-refractivity contribution < 1.29 is 9.59 Å². The van der Waals surface area contributed by atoms with Crippen molar-refractivity contribution >= 4 is 34.0 Å². The predicted octanol–water partition coefficient (Wildman–Crippen LogP) is 4.95. The van der Waals surface area contributed by atoms with Gasteiger partial charge in [-0.2, -0.15) is 0 Å². The van der Waals surface area contributed by atoms with E-state index in [1.54, 1.807) is 24.3 Å². The third-order valence-corrected chi connectivity index (χ3v) is 5.83. The number of amides is 2. The second kappa shape index (κ2) is 10.6. The largest absolute Gasteiger partial charge is 0.326 e. The number of rotatable bonds is 9. The molecule has 2 amide bonds. The van der Waals surface area contributed by atoms with Crippen LogP contribution in [0.4, 0.5) is 10.8 Å². The van der Waals surface area contributed by atoms with Crippen LogP contribution in [-0.4, -0.2) is 22.0 Å². The number of carbonyl (C=O) groups excluding carboxylic acids is 2. The lowest BCUT2D eigenvalue weighted by molar-refractivity contribution is -0.120. The van der Waals surface area contributed by atoms with Crippen molar-refractivity contribution in [2.75, 3.05) is 10.6 Å². The fraction of sp³-hybridized carbons (Fsp3) is 0.304. The van der Waals surface area contributed by atoms with E-state index in [0.29, 0.717) is 16.4 Å². The third kappa shape index (κ3) is 5.97. The maximum absolute atomic E-state index is 12.5. The molecule has 0 atom stereocenters. The molecule has 30 heavy (non-hydrogen) atoms. The standard InChI is InChI=1S/C23H26N4O2S/c1-3-17(4-2)21(28)24-19-13-11-18(12-14-19)22(29)25-23-27-26-20(30-23)15-10-16-8-6-5-7-9-16/h5-9,11-14,17H,3-4,10,15H2,1-2H3,(H,24,28)(H,25,27,29). The van der Waals surface area contributed by atoms with E-state index in [1.807, 2.05) is 32.0 Å². The highest BCUT2D eigenvalue weighted by molar-refractivity contribution is 7.15. The van der Waals surface area contributed by atoms with Gasteiger partial charge in [-0.3, -0.25) is 14.9 Å². The fourth-order valence-corrected chi connectivity index (χ4v) is 3.81. The normalized spacial score (nSPS) is 10.8. The van der Waals surface area contributed by atoms with E-state index in [1.165, 1.54) is 16.9 Å². The van der Waals surface area contributed by atoms with Gasteiger partial charge in [0.1, 0.15) is 5.01 Å². The summed E-state index contributed by atoms with van der Waals surface area (Å²) in [4.78, 5) is 24.7. The van der Waals surface area contributed by atoms with Crippen LogP contribution < -0.4 is 10.6 Å². The molecule has 0 aliphatic heterocycles. The zero-order chi connectivity index (χ0) is 21.3. The lowest BCUT2D eigenvalue weighted by atomic mass is 10.0. The van der Waals surface area contributed by atoms with Crippen molar-refractivity contribution in [3.8, 4) is 0 Å². The molecule has 0 saturated carbocycles. The summed E-state index contributed by atoms with van der Waals surface area (Å²) in [6.45, 7) is 4.00. The van der Waals surface area contributed by atoms with E-state index in [4.69, 9.17) is 0 Å². The van der Waals surface area contributed by atoms with Crippen LogP contribution in [-0.2, 0) is 17.6 Å². The highest BCUT2D eigenvalue weighted by Gasteiger charge is 2.15. The van der Waals surface area contributed by atoms with E-state index in [9.17, 15) is 9.59 Å². The molecule has 3 rings (SSSR count). The molecule has 0 spiro atoms. The number of benzene rings is 2. The second-order valence-electron chi connectivity index (χ2n) is 7.02. The summed E-state index contributed by atoms with van der Waals surface area (Å²) in [7, 11) is 0. The molecule has 2 N–H and O–H groups in total. The lowest BCUT2D eigenvalue weighted by Gasteiger charge is -2.12. The molecule has 0 bridgehead atoms. The minimum atomic E-state index is -0.251. The van der Waals surface area contributed by atoms with Crippen LogP contribution >= 0.6 is 11.3 Å².